The van der Waals surface area contributed by atoms with Crippen LogP contribution in [0.15, 0.2) is 18.5 Å². The summed E-state index contributed by atoms with van der Waals surface area (Å²) in [4.78, 5) is 4.35. The number of nitrogens with zero attached hydrogens (tertiary/aromatic N) is 2. The fraction of sp³-hybridized carbons (Fsp3) is 0.417. The van der Waals surface area contributed by atoms with Gasteiger partial charge in [0.1, 0.15) is 0 Å². The SMILES string of the molecule is CS(=O)(=O)Nc1cc(C2CC2)cn2cc(CN)nc12. The van der Waals surface area contributed by atoms with E-state index in [4.69, 9.17) is 5.73 Å². The second-order valence-corrected chi connectivity index (χ2v) is 6.75. The number of nitrogens with one attached hydrogen (secondary N) is 1. The first-order valence-electron chi connectivity index (χ1n) is 6.15. The number of anilines is 1. The lowest BCUT2D eigenvalue weighted by Gasteiger charge is -2.08. The largest absolute Gasteiger partial charge is 0.325 e. The quantitative estimate of drug-likeness (QED) is 0.875. The van der Waals surface area contributed by atoms with E-state index in [-0.39, 0.29) is 0 Å². The number of imidazole rings is 1. The molecule has 1 aliphatic carbocycles. The van der Waals surface area contributed by atoms with Gasteiger partial charge in [-0.3, -0.25) is 4.72 Å². The molecule has 0 unspecified atom stereocenters. The molecule has 7 heteroatoms. The number of hydrogen-bond acceptors (Lipinski definition) is 4. The van der Waals surface area contributed by atoms with E-state index < -0.39 is 10.0 Å². The summed E-state index contributed by atoms with van der Waals surface area (Å²) in [5.41, 5.74) is 8.58. The Morgan fingerprint density at radius 2 is 2.21 bits per heavy atom. The summed E-state index contributed by atoms with van der Waals surface area (Å²) in [5.74, 6) is 0.535. The van der Waals surface area contributed by atoms with Gasteiger partial charge in [-0.2, -0.15) is 0 Å². The molecule has 2 aromatic rings. The monoisotopic (exact) mass is 280 g/mol. The molecule has 6 nitrogen and oxygen atoms in total. The summed E-state index contributed by atoms with van der Waals surface area (Å²) in [6, 6.07) is 1.88. The predicted octanol–water partition coefficient (Wildman–Crippen LogP) is 1.04. The van der Waals surface area contributed by atoms with E-state index in [0.29, 0.717) is 23.8 Å². The molecule has 0 bridgehead atoms. The number of hydrogen-bond donors (Lipinski definition) is 2. The van der Waals surface area contributed by atoms with Gasteiger partial charge in [-0.05, 0) is 30.4 Å². The van der Waals surface area contributed by atoms with Crippen LogP contribution in [0.25, 0.3) is 5.65 Å². The van der Waals surface area contributed by atoms with Crippen molar-refractivity contribution in [1.29, 1.82) is 0 Å². The van der Waals surface area contributed by atoms with Gasteiger partial charge >= 0.3 is 0 Å². The Kier molecular flexibility index (Phi) is 2.75. The number of rotatable bonds is 4. The average molecular weight is 280 g/mol. The number of nitrogens with two attached hydrogens (primary N) is 1. The third-order valence-electron chi connectivity index (χ3n) is 3.18. The minimum Gasteiger partial charge on any atom is -0.325 e. The molecule has 2 aromatic heterocycles. The zero-order chi connectivity index (χ0) is 13.6. The summed E-state index contributed by atoms with van der Waals surface area (Å²) in [5, 5.41) is 0. The Bertz CT molecular complexity index is 732. The topological polar surface area (TPSA) is 89.5 Å². The molecule has 0 aliphatic heterocycles. The molecule has 0 saturated heterocycles. The maximum Gasteiger partial charge on any atom is 0.229 e. The van der Waals surface area contributed by atoms with Crippen LogP contribution in [0, 0.1) is 0 Å². The van der Waals surface area contributed by atoms with Crippen LogP contribution in [-0.2, 0) is 16.6 Å². The Hall–Kier alpha value is -1.60. The van der Waals surface area contributed by atoms with Crippen LogP contribution >= 0.6 is 0 Å². The minimum absolute atomic E-state index is 0.332. The molecular weight excluding hydrogens is 264 g/mol. The first-order valence-corrected chi connectivity index (χ1v) is 8.05. The van der Waals surface area contributed by atoms with Crippen molar-refractivity contribution in [2.45, 2.75) is 25.3 Å². The average Bonchev–Trinajstić information content (AvgIpc) is 3.07. The van der Waals surface area contributed by atoms with Gasteiger partial charge in [-0.1, -0.05) is 0 Å². The van der Waals surface area contributed by atoms with Crippen molar-refractivity contribution in [3.63, 3.8) is 0 Å². The second kappa shape index (κ2) is 4.21. The Balaban J connectivity index is 2.17. The molecular formula is C12H16N4O2S. The third-order valence-corrected chi connectivity index (χ3v) is 3.77. The van der Waals surface area contributed by atoms with Crippen LogP contribution in [-0.4, -0.2) is 24.1 Å². The molecule has 0 spiro atoms. The van der Waals surface area contributed by atoms with Gasteiger partial charge in [0.05, 0.1) is 17.6 Å². The molecule has 1 aliphatic rings. The lowest BCUT2D eigenvalue weighted by molar-refractivity contribution is 0.607. The first kappa shape index (κ1) is 12.4. The van der Waals surface area contributed by atoms with Crippen LogP contribution in [0.2, 0.25) is 0 Å². The van der Waals surface area contributed by atoms with Gasteiger partial charge in [0, 0.05) is 18.9 Å². The zero-order valence-electron chi connectivity index (χ0n) is 10.6. The van der Waals surface area contributed by atoms with E-state index in [1.54, 1.807) is 0 Å². The van der Waals surface area contributed by atoms with E-state index in [1.165, 1.54) is 0 Å². The van der Waals surface area contributed by atoms with Gasteiger partial charge in [-0.15, -0.1) is 0 Å². The number of aromatic nitrogens is 2. The number of pyridine rings is 1. The molecule has 1 fully saturated rings. The predicted molar refractivity (Wildman–Crippen MR) is 73.5 cm³/mol. The van der Waals surface area contributed by atoms with E-state index in [0.717, 1.165) is 30.4 Å². The third kappa shape index (κ3) is 2.57. The van der Waals surface area contributed by atoms with E-state index >= 15 is 0 Å². The Morgan fingerprint density at radius 3 is 2.79 bits per heavy atom. The molecule has 1 saturated carbocycles. The highest BCUT2D eigenvalue weighted by Gasteiger charge is 2.25. The maximum atomic E-state index is 11.4. The molecule has 19 heavy (non-hydrogen) atoms. The molecule has 0 radical (unpaired) electrons. The van der Waals surface area contributed by atoms with E-state index in [9.17, 15) is 8.42 Å². The van der Waals surface area contributed by atoms with Gasteiger partial charge in [-0.25, -0.2) is 13.4 Å². The van der Waals surface area contributed by atoms with Gasteiger partial charge in [0.2, 0.25) is 10.0 Å². The smallest absolute Gasteiger partial charge is 0.229 e. The van der Waals surface area contributed by atoms with E-state index in [2.05, 4.69) is 9.71 Å². The Labute approximate surface area is 111 Å². The Morgan fingerprint density at radius 1 is 1.47 bits per heavy atom. The number of fused-ring (bicyclic) bond motifs is 1. The van der Waals surface area contributed by atoms with Crippen LogP contribution in [0.4, 0.5) is 5.69 Å². The van der Waals surface area contributed by atoms with Crippen molar-refractivity contribution in [2.24, 2.45) is 5.73 Å². The standard InChI is InChI=1S/C12H16N4O2S/c1-19(17,18)15-11-4-9(8-2-3-8)6-16-7-10(5-13)14-12(11)16/h4,6-8,15H,2-3,5,13H2,1H3. The highest BCUT2D eigenvalue weighted by Crippen LogP contribution is 2.41. The summed E-state index contributed by atoms with van der Waals surface area (Å²) >= 11 is 0. The van der Waals surface area contributed by atoms with Gasteiger partial charge in [0.25, 0.3) is 0 Å². The molecule has 102 valence electrons. The maximum absolute atomic E-state index is 11.4. The summed E-state index contributed by atoms with van der Waals surface area (Å²) in [6.45, 7) is 0.332. The molecule has 2 heterocycles. The summed E-state index contributed by atoms with van der Waals surface area (Å²) < 4.78 is 27.3. The van der Waals surface area contributed by atoms with Crippen LogP contribution < -0.4 is 10.5 Å². The van der Waals surface area contributed by atoms with Crippen molar-refractivity contribution in [3.8, 4) is 0 Å². The lowest BCUT2D eigenvalue weighted by Crippen LogP contribution is -2.11. The van der Waals surface area contributed by atoms with Gasteiger partial charge in [0.15, 0.2) is 5.65 Å². The molecule has 3 rings (SSSR count). The second-order valence-electron chi connectivity index (χ2n) is 5.00. The van der Waals surface area contributed by atoms with Crippen molar-refractivity contribution < 1.29 is 8.42 Å². The van der Waals surface area contributed by atoms with Crippen molar-refractivity contribution in [1.82, 2.24) is 9.38 Å². The molecule has 0 atom stereocenters. The first-order chi connectivity index (χ1) is 8.96. The highest BCUT2D eigenvalue weighted by atomic mass is 32.2. The molecule has 0 amide bonds. The lowest BCUT2D eigenvalue weighted by atomic mass is 10.2. The summed E-state index contributed by atoms with van der Waals surface area (Å²) in [7, 11) is -3.32. The van der Waals surface area contributed by atoms with Crippen molar-refractivity contribution in [2.75, 3.05) is 11.0 Å². The van der Waals surface area contributed by atoms with Crippen molar-refractivity contribution >= 4 is 21.4 Å². The van der Waals surface area contributed by atoms with Crippen LogP contribution in [0.5, 0.6) is 0 Å². The normalized spacial score (nSPS) is 15.9. The summed E-state index contributed by atoms with van der Waals surface area (Å²) in [6.07, 6.45) is 7.30. The van der Waals surface area contributed by atoms with Crippen LogP contribution in [0.3, 0.4) is 0 Å². The van der Waals surface area contributed by atoms with Crippen LogP contribution in [0.1, 0.15) is 30.0 Å². The highest BCUT2D eigenvalue weighted by molar-refractivity contribution is 7.92. The fourth-order valence-electron chi connectivity index (χ4n) is 2.18. The zero-order valence-corrected chi connectivity index (χ0v) is 11.4. The molecule has 3 N–H and O–H groups in total. The number of sulfonamides is 1. The molecule has 0 aromatic carbocycles. The minimum atomic E-state index is -3.32. The van der Waals surface area contributed by atoms with E-state index in [1.807, 2.05) is 22.9 Å². The van der Waals surface area contributed by atoms with Gasteiger partial charge < -0.3 is 10.1 Å². The fourth-order valence-corrected chi connectivity index (χ4v) is 2.73. The van der Waals surface area contributed by atoms with Crippen molar-refractivity contribution in [3.05, 3.63) is 29.7 Å².